The first-order valence-corrected chi connectivity index (χ1v) is 5.15. The Balaban J connectivity index is 2.53. The molecule has 6 nitrogen and oxygen atoms in total. The first-order valence-electron chi connectivity index (χ1n) is 5.15. The molecule has 0 saturated carbocycles. The summed E-state index contributed by atoms with van der Waals surface area (Å²) in [5, 5.41) is 6.69. The van der Waals surface area contributed by atoms with Crippen LogP contribution < -0.4 is 5.32 Å². The Labute approximate surface area is 94.4 Å². The molecule has 0 amide bonds. The lowest BCUT2D eigenvalue weighted by Gasteiger charge is -2.18. The van der Waals surface area contributed by atoms with Crippen LogP contribution in [0.4, 0.5) is 0 Å². The summed E-state index contributed by atoms with van der Waals surface area (Å²) in [6.07, 6.45) is 0. The number of rotatable bonds is 5. The van der Waals surface area contributed by atoms with Crippen LogP contribution in [0.15, 0.2) is 4.52 Å². The van der Waals surface area contributed by atoms with E-state index in [-0.39, 0.29) is 17.9 Å². The van der Waals surface area contributed by atoms with Crippen molar-refractivity contribution in [3.63, 3.8) is 0 Å². The highest BCUT2D eigenvalue weighted by atomic mass is 16.5. The van der Waals surface area contributed by atoms with Gasteiger partial charge in [0.25, 0.3) is 0 Å². The molecule has 1 aromatic rings. The highest BCUT2D eigenvalue weighted by Gasteiger charge is 2.22. The molecule has 90 valence electrons. The minimum Gasteiger partial charge on any atom is -0.468 e. The zero-order valence-electron chi connectivity index (χ0n) is 9.98. The summed E-state index contributed by atoms with van der Waals surface area (Å²) in [6.45, 7) is 5.98. The van der Waals surface area contributed by atoms with Gasteiger partial charge in [0.2, 0.25) is 5.89 Å². The normalized spacial score (nSPS) is 12.8. The molecule has 0 fully saturated rings. The molecule has 0 aliphatic carbocycles. The summed E-state index contributed by atoms with van der Waals surface area (Å²) in [5.41, 5.74) is 0. The van der Waals surface area contributed by atoms with Crippen LogP contribution in [0.1, 0.15) is 25.6 Å². The van der Waals surface area contributed by atoms with Gasteiger partial charge in [0, 0.05) is 0 Å². The lowest BCUT2D eigenvalue weighted by Crippen LogP contribution is -2.41. The van der Waals surface area contributed by atoms with Crippen LogP contribution in [-0.4, -0.2) is 29.3 Å². The van der Waals surface area contributed by atoms with Crippen molar-refractivity contribution in [3.8, 4) is 0 Å². The van der Waals surface area contributed by atoms with Gasteiger partial charge in [-0.2, -0.15) is 4.98 Å². The number of aryl methyl sites for hydroxylation is 1. The second-order valence-corrected chi connectivity index (χ2v) is 3.86. The second kappa shape index (κ2) is 5.60. The number of nitrogens with zero attached hydrogens (tertiary/aromatic N) is 2. The van der Waals surface area contributed by atoms with E-state index in [9.17, 15) is 4.79 Å². The topological polar surface area (TPSA) is 77.2 Å². The molecule has 1 N–H and O–H groups in total. The van der Waals surface area contributed by atoms with Gasteiger partial charge in [-0.25, -0.2) is 0 Å². The maximum Gasteiger partial charge on any atom is 0.323 e. The molecule has 1 unspecified atom stereocenters. The predicted octanol–water partition coefficient (Wildman–Crippen LogP) is 0.665. The van der Waals surface area contributed by atoms with Crippen LogP contribution in [0.5, 0.6) is 0 Å². The number of esters is 1. The van der Waals surface area contributed by atoms with Crippen molar-refractivity contribution in [1.82, 2.24) is 15.5 Å². The molecule has 0 aliphatic rings. The van der Waals surface area contributed by atoms with Gasteiger partial charge in [-0.1, -0.05) is 19.0 Å². The van der Waals surface area contributed by atoms with E-state index >= 15 is 0 Å². The van der Waals surface area contributed by atoms with Gasteiger partial charge in [-0.05, 0) is 12.8 Å². The summed E-state index contributed by atoms with van der Waals surface area (Å²) in [5.74, 6) is 0.894. The number of carbonyl (C=O) groups excluding carboxylic acids is 1. The molecule has 16 heavy (non-hydrogen) atoms. The van der Waals surface area contributed by atoms with Crippen molar-refractivity contribution in [3.05, 3.63) is 11.7 Å². The van der Waals surface area contributed by atoms with Crippen molar-refractivity contribution < 1.29 is 14.1 Å². The molecular formula is C10H17N3O3. The number of hydrogen-bond acceptors (Lipinski definition) is 6. The molecular weight excluding hydrogens is 210 g/mol. The van der Waals surface area contributed by atoms with Gasteiger partial charge in [-0.15, -0.1) is 0 Å². The Morgan fingerprint density at radius 1 is 1.56 bits per heavy atom. The molecule has 1 aromatic heterocycles. The van der Waals surface area contributed by atoms with Crippen LogP contribution in [0.3, 0.4) is 0 Å². The molecule has 1 heterocycles. The average molecular weight is 227 g/mol. The lowest BCUT2D eigenvalue weighted by molar-refractivity contribution is -0.144. The highest BCUT2D eigenvalue weighted by molar-refractivity contribution is 5.75. The van der Waals surface area contributed by atoms with E-state index in [4.69, 9.17) is 9.26 Å². The van der Waals surface area contributed by atoms with Crippen molar-refractivity contribution in [1.29, 1.82) is 0 Å². The van der Waals surface area contributed by atoms with Crippen LogP contribution in [0.2, 0.25) is 0 Å². The minimum atomic E-state index is -0.364. The highest BCUT2D eigenvalue weighted by Crippen LogP contribution is 2.05. The molecule has 1 rings (SSSR count). The lowest BCUT2D eigenvalue weighted by atomic mass is 10.1. The van der Waals surface area contributed by atoms with Crippen molar-refractivity contribution in [2.75, 3.05) is 7.11 Å². The standard InChI is InChI=1S/C10H17N3O3/c1-6(2)9(10(14)15-4)11-5-8-12-7(3)13-16-8/h6,9,11H,5H2,1-4H3. The Hall–Kier alpha value is -1.43. The summed E-state index contributed by atoms with van der Waals surface area (Å²) in [7, 11) is 1.37. The zero-order valence-corrected chi connectivity index (χ0v) is 9.98. The van der Waals surface area contributed by atoms with E-state index in [1.807, 2.05) is 13.8 Å². The average Bonchev–Trinajstić information content (AvgIpc) is 2.63. The van der Waals surface area contributed by atoms with Gasteiger partial charge in [0.15, 0.2) is 5.82 Å². The number of methoxy groups -OCH3 is 1. The second-order valence-electron chi connectivity index (χ2n) is 3.86. The minimum absolute atomic E-state index is 0.136. The summed E-state index contributed by atoms with van der Waals surface area (Å²) >= 11 is 0. The molecule has 0 saturated heterocycles. The van der Waals surface area contributed by atoms with Gasteiger partial charge >= 0.3 is 5.97 Å². The Morgan fingerprint density at radius 3 is 2.69 bits per heavy atom. The van der Waals surface area contributed by atoms with Crippen molar-refractivity contribution in [2.24, 2.45) is 5.92 Å². The van der Waals surface area contributed by atoms with E-state index in [0.29, 0.717) is 18.3 Å². The van der Waals surface area contributed by atoms with Crippen molar-refractivity contribution >= 4 is 5.97 Å². The molecule has 1 atom stereocenters. The molecule has 0 radical (unpaired) electrons. The van der Waals surface area contributed by atoms with Crippen LogP contribution in [0.25, 0.3) is 0 Å². The zero-order chi connectivity index (χ0) is 12.1. The maximum atomic E-state index is 11.4. The van der Waals surface area contributed by atoms with E-state index in [2.05, 4.69) is 15.5 Å². The van der Waals surface area contributed by atoms with E-state index in [1.165, 1.54) is 7.11 Å². The number of hydrogen-bond donors (Lipinski definition) is 1. The largest absolute Gasteiger partial charge is 0.468 e. The number of aromatic nitrogens is 2. The van der Waals surface area contributed by atoms with Crippen molar-refractivity contribution in [2.45, 2.75) is 33.4 Å². The quantitative estimate of drug-likeness (QED) is 0.745. The Bertz CT molecular complexity index is 349. The van der Waals surface area contributed by atoms with Gasteiger partial charge in [-0.3, -0.25) is 10.1 Å². The molecule has 0 aliphatic heterocycles. The molecule has 0 spiro atoms. The van der Waals surface area contributed by atoms with E-state index in [0.717, 1.165) is 0 Å². The Morgan fingerprint density at radius 2 is 2.25 bits per heavy atom. The molecule has 6 heteroatoms. The summed E-state index contributed by atoms with van der Waals surface area (Å²) in [4.78, 5) is 15.5. The SMILES string of the molecule is COC(=O)C(NCc1nc(C)no1)C(C)C. The van der Waals surface area contributed by atoms with E-state index in [1.54, 1.807) is 6.92 Å². The predicted molar refractivity (Wildman–Crippen MR) is 56.5 cm³/mol. The molecule has 0 bridgehead atoms. The Kier molecular flexibility index (Phi) is 4.42. The monoisotopic (exact) mass is 227 g/mol. The number of ether oxygens (including phenoxy) is 1. The smallest absolute Gasteiger partial charge is 0.323 e. The molecule has 0 aromatic carbocycles. The van der Waals surface area contributed by atoms with Crippen LogP contribution >= 0.6 is 0 Å². The van der Waals surface area contributed by atoms with E-state index < -0.39 is 0 Å². The fraction of sp³-hybridized carbons (Fsp3) is 0.700. The number of nitrogens with one attached hydrogen (secondary N) is 1. The summed E-state index contributed by atoms with van der Waals surface area (Å²) in [6, 6.07) is -0.364. The first-order chi connectivity index (χ1) is 7.54. The van der Waals surface area contributed by atoms with Gasteiger partial charge in [0.1, 0.15) is 6.04 Å². The van der Waals surface area contributed by atoms with Gasteiger partial charge < -0.3 is 9.26 Å². The fourth-order valence-electron chi connectivity index (χ4n) is 1.33. The third-order valence-corrected chi connectivity index (χ3v) is 2.16. The van der Waals surface area contributed by atoms with Gasteiger partial charge in [0.05, 0.1) is 13.7 Å². The fourth-order valence-corrected chi connectivity index (χ4v) is 1.33. The van der Waals surface area contributed by atoms with Crippen LogP contribution in [0, 0.1) is 12.8 Å². The van der Waals surface area contributed by atoms with Crippen LogP contribution in [-0.2, 0) is 16.1 Å². The summed E-state index contributed by atoms with van der Waals surface area (Å²) < 4.78 is 9.63. The number of carbonyl (C=O) groups is 1. The third kappa shape index (κ3) is 3.30. The first kappa shape index (κ1) is 12.6. The third-order valence-electron chi connectivity index (χ3n) is 2.16. The maximum absolute atomic E-state index is 11.4.